The van der Waals surface area contributed by atoms with Crippen LogP contribution in [0.15, 0.2) is 16.9 Å². The Balaban J connectivity index is 1.55. The smallest absolute Gasteiger partial charge is 0.273 e. The van der Waals surface area contributed by atoms with Crippen LogP contribution in [0.5, 0.6) is 0 Å². The molecule has 148 valence electrons. The van der Waals surface area contributed by atoms with E-state index in [2.05, 4.69) is 54.6 Å². The van der Waals surface area contributed by atoms with E-state index < -0.39 is 0 Å². The first-order valence-electron chi connectivity index (χ1n) is 10.0. The normalized spacial score (nSPS) is 17.2. The molecule has 0 aliphatic heterocycles. The molecule has 1 N–H and O–H groups in total. The summed E-state index contributed by atoms with van der Waals surface area (Å²) in [5.41, 5.74) is 1.71. The molecule has 1 aliphatic carbocycles. The molecule has 0 spiro atoms. The predicted octanol–water partition coefficient (Wildman–Crippen LogP) is 3.97. The number of nitrogens with zero attached hydrogens (tertiary/aromatic N) is 3. The molecule has 2 aromatic heterocycles. The van der Waals surface area contributed by atoms with Crippen molar-refractivity contribution in [1.29, 1.82) is 0 Å². The second-order valence-electron chi connectivity index (χ2n) is 8.98. The minimum atomic E-state index is -0.121. The second kappa shape index (κ2) is 7.87. The van der Waals surface area contributed by atoms with Crippen LogP contribution >= 0.6 is 0 Å². The minimum Gasteiger partial charge on any atom is -0.360 e. The van der Waals surface area contributed by atoms with Gasteiger partial charge in [0.25, 0.3) is 5.91 Å². The Labute approximate surface area is 161 Å². The van der Waals surface area contributed by atoms with Gasteiger partial charge in [-0.05, 0) is 30.6 Å². The van der Waals surface area contributed by atoms with E-state index in [1.54, 1.807) is 0 Å². The third-order valence-electron chi connectivity index (χ3n) is 5.61. The number of rotatable bonds is 6. The molecule has 0 radical (unpaired) electrons. The van der Waals surface area contributed by atoms with Crippen molar-refractivity contribution >= 4 is 5.91 Å². The van der Waals surface area contributed by atoms with Gasteiger partial charge in [-0.25, -0.2) is 4.98 Å². The first kappa shape index (κ1) is 19.6. The van der Waals surface area contributed by atoms with Gasteiger partial charge in [-0.1, -0.05) is 39.8 Å². The highest BCUT2D eigenvalue weighted by Gasteiger charge is 2.34. The largest absolute Gasteiger partial charge is 0.360 e. The van der Waals surface area contributed by atoms with E-state index in [9.17, 15) is 4.79 Å². The minimum absolute atomic E-state index is 0.121. The van der Waals surface area contributed by atoms with Crippen LogP contribution in [0.2, 0.25) is 0 Å². The number of hydrogen-bond donors (Lipinski definition) is 1. The van der Waals surface area contributed by atoms with Crippen LogP contribution in [0.3, 0.4) is 0 Å². The fourth-order valence-corrected chi connectivity index (χ4v) is 3.87. The average Bonchev–Trinajstić information content (AvgIpc) is 3.23. The van der Waals surface area contributed by atoms with E-state index in [0.29, 0.717) is 24.1 Å². The highest BCUT2D eigenvalue weighted by molar-refractivity contribution is 5.93. The van der Waals surface area contributed by atoms with Crippen molar-refractivity contribution in [3.63, 3.8) is 0 Å². The quantitative estimate of drug-likeness (QED) is 0.779. The highest BCUT2D eigenvalue weighted by Crippen LogP contribution is 2.38. The first-order chi connectivity index (χ1) is 12.8. The van der Waals surface area contributed by atoms with Crippen LogP contribution in [0, 0.1) is 11.3 Å². The molecule has 0 saturated heterocycles. The molecule has 0 aromatic carbocycles. The summed E-state index contributed by atoms with van der Waals surface area (Å²) in [5, 5.41) is 7.08. The van der Waals surface area contributed by atoms with Gasteiger partial charge in [-0.15, -0.1) is 0 Å². The Morgan fingerprint density at radius 3 is 2.89 bits per heavy atom. The average molecular weight is 373 g/mol. The number of imidazole rings is 1. The van der Waals surface area contributed by atoms with Gasteiger partial charge in [0.1, 0.15) is 11.6 Å². The van der Waals surface area contributed by atoms with E-state index in [1.165, 1.54) is 0 Å². The third kappa shape index (κ3) is 4.42. The molecule has 2 heterocycles. The number of hydrogen-bond acceptors (Lipinski definition) is 4. The molecule has 3 rings (SSSR count). The third-order valence-corrected chi connectivity index (χ3v) is 5.61. The summed E-state index contributed by atoms with van der Waals surface area (Å²) >= 11 is 0. The lowest BCUT2D eigenvalue weighted by Gasteiger charge is -2.33. The Morgan fingerprint density at radius 2 is 2.19 bits per heavy atom. The Bertz CT molecular complexity index is 782. The number of amides is 1. The van der Waals surface area contributed by atoms with Gasteiger partial charge in [-0.3, -0.25) is 4.79 Å². The summed E-state index contributed by atoms with van der Waals surface area (Å²) in [5.74, 6) is 2.80. The van der Waals surface area contributed by atoms with Gasteiger partial charge in [0.2, 0.25) is 0 Å². The van der Waals surface area contributed by atoms with Crippen LogP contribution in [0.25, 0.3) is 0 Å². The predicted molar refractivity (Wildman–Crippen MR) is 105 cm³/mol. The molecule has 6 nitrogen and oxygen atoms in total. The van der Waals surface area contributed by atoms with Gasteiger partial charge >= 0.3 is 0 Å². The van der Waals surface area contributed by atoms with Gasteiger partial charge in [0.05, 0.1) is 0 Å². The zero-order valence-corrected chi connectivity index (χ0v) is 17.2. The molecule has 1 unspecified atom stereocenters. The fourth-order valence-electron chi connectivity index (χ4n) is 3.87. The topological polar surface area (TPSA) is 73.0 Å². The van der Waals surface area contributed by atoms with E-state index in [4.69, 9.17) is 4.52 Å². The molecule has 6 heteroatoms. The molecule has 1 aliphatic rings. The molecular formula is C21H32N4O2. The summed E-state index contributed by atoms with van der Waals surface area (Å²) in [6.07, 6.45) is 7.52. The van der Waals surface area contributed by atoms with E-state index in [-0.39, 0.29) is 11.3 Å². The van der Waals surface area contributed by atoms with E-state index in [0.717, 1.165) is 49.4 Å². The number of aromatic nitrogens is 3. The van der Waals surface area contributed by atoms with Crippen LogP contribution in [0.4, 0.5) is 0 Å². The number of fused-ring (bicyclic) bond motifs is 1. The molecule has 2 aromatic rings. The SMILES string of the molecule is CC(C)c1nccn1CCCNC(=O)c1noc2c1CC(C(C)(C)C)CC2. The maximum Gasteiger partial charge on any atom is 0.273 e. The van der Waals surface area contributed by atoms with Crippen molar-refractivity contribution in [2.24, 2.45) is 11.3 Å². The zero-order chi connectivity index (χ0) is 19.6. The van der Waals surface area contributed by atoms with Crippen molar-refractivity contribution < 1.29 is 9.32 Å². The van der Waals surface area contributed by atoms with E-state index >= 15 is 0 Å². The van der Waals surface area contributed by atoms with Gasteiger partial charge in [0, 0.05) is 43.4 Å². The fraction of sp³-hybridized carbons (Fsp3) is 0.667. The first-order valence-corrected chi connectivity index (χ1v) is 10.0. The number of nitrogens with one attached hydrogen (secondary N) is 1. The summed E-state index contributed by atoms with van der Waals surface area (Å²) in [7, 11) is 0. The van der Waals surface area contributed by atoms with Crippen LogP contribution < -0.4 is 5.32 Å². The van der Waals surface area contributed by atoms with Crippen molar-refractivity contribution in [3.8, 4) is 0 Å². The lowest BCUT2D eigenvalue weighted by atomic mass is 9.71. The molecule has 0 bridgehead atoms. The molecule has 0 fully saturated rings. The van der Waals surface area contributed by atoms with Crippen LogP contribution in [0.1, 0.15) is 81.0 Å². The van der Waals surface area contributed by atoms with Crippen LogP contribution in [-0.2, 0) is 19.4 Å². The van der Waals surface area contributed by atoms with Gasteiger partial charge in [0.15, 0.2) is 5.69 Å². The summed E-state index contributed by atoms with van der Waals surface area (Å²) in [6, 6.07) is 0. The maximum atomic E-state index is 12.6. The Hall–Kier alpha value is -2.11. The molecule has 0 saturated carbocycles. The molecule has 27 heavy (non-hydrogen) atoms. The Kier molecular flexibility index (Phi) is 5.72. The van der Waals surface area contributed by atoms with Crippen molar-refractivity contribution in [2.45, 2.75) is 72.8 Å². The standard InChI is InChI=1S/C21H32N4O2/c1-14(2)19-22-10-12-25(19)11-6-9-23-20(26)18-16-13-15(21(3,4)5)7-8-17(16)27-24-18/h10,12,14-15H,6-9,11,13H2,1-5H3,(H,23,26). The molecule has 1 atom stereocenters. The molecule has 1 amide bonds. The number of carbonyl (C=O) groups excluding carboxylic acids is 1. The van der Waals surface area contributed by atoms with E-state index in [1.807, 2.05) is 12.4 Å². The number of aryl methyl sites for hydroxylation is 2. The Morgan fingerprint density at radius 1 is 1.41 bits per heavy atom. The summed E-state index contributed by atoms with van der Waals surface area (Å²) in [6.45, 7) is 12.5. The zero-order valence-electron chi connectivity index (χ0n) is 17.2. The van der Waals surface area contributed by atoms with Crippen LogP contribution in [-0.4, -0.2) is 27.2 Å². The van der Waals surface area contributed by atoms with Gasteiger partial charge < -0.3 is 14.4 Å². The molecular weight excluding hydrogens is 340 g/mol. The van der Waals surface area contributed by atoms with Gasteiger partial charge in [-0.2, -0.15) is 0 Å². The number of carbonyl (C=O) groups is 1. The monoisotopic (exact) mass is 372 g/mol. The lowest BCUT2D eigenvalue weighted by molar-refractivity contribution is 0.0942. The summed E-state index contributed by atoms with van der Waals surface area (Å²) in [4.78, 5) is 17.0. The van der Waals surface area contributed by atoms with Crippen molar-refractivity contribution in [2.75, 3.05) is 6.54 Å². The van der Waals surface area contributed by atoms with Crippen molar-refractivity contribution in [3.05, 3.63) is 35.2 Å². The lowest BCUT2D eigenvalue weighted by Crippen LogP contribution is -2.30. The highest BCUT2D eigenvalue weighted by atomic mass is 16.5. The second-order valence-corrected chi connectivity index (χ2v) is 8.98. The maximum absolute atomic E-state index is 12.6. The summed E-state index contributed by atoms with van der Waals surface area (Å²) < 4.78 is 7.61. The van der Waals surface area contributed by atoms with Crippen molar-refractivity contribution in [1.82, 2.24) is 20.0 Å².